The number of halogens is 5. The molecule has 6 heteroatoms. The number of hydrogen-bond acceptors (Lipinski definition) is 1. The number of rotatable bonds is 2. The smallest absolute Gasteiger partial charge is 0.199 e. The summed E-state index contributed by atoms with van der Waals surface area (Å²) in [5.41, 5.74) is -1.66. The van der Waals surface area contributed by atoms with Crippen molar-refractivity contribution in [1.82, 2.24) is 0 Å². The van der Waals surface area contributed by atoms with Crippen molar-refractivity contribution in [1.29, 1.82) is 0 Å². The van der Waals surface area contributed by atoms with Crippen LogP contribution in [0, 0.1) is 36.0 Å². The summed E-state index contributed by atoms with van der Waals surface area (Å²) < 4.78 is 66.2. The molecule has 104 valence electrons. The van der Waals surface area contributed by atoms with Gasteiger partial charge in [0.1, 0.15) is 11.6 Å². The predicted octanol–water partition coefficient (Wildman–Crippen LogP) is 3.92. The molecule has 0 unspecified atom stereocenters. The molecule has 0 saturated heterocycles. The van der Waals surface area contributed by atoms with E-state index in [1.54, 1.807) is 0 Å². The minimum atomic E-state index is -1.84. The van der Waals surface area contributed by atoms with Gasteiger partial charge in [0, 0.05) is 0 Å². The van der Waals surface area contributed by atoms with E-state index in [0.29, 0.717) is 18.2 Å². The Morgan fingerprint density at radius 1 is 0.800 bits per heavy atom. The first kappa shape index (κ1) is 14.2. The van der Waals surface area contributed by atoms with Crippen LogP contribution in [0.4, 0.5) is 22.0 Å². The summed E-state index contributed by atoms with van der Waals surface area (Å²) in [6.45, 7) is 1.28. The maximum absolute atomic E-state index is 13.6. The highest BCUT2D eigenvalue weighted by atomic mass is 19.2. The molecule has 0 heterocycles. The second-order valence-electron chi connectivity index (χ2n) is 4.13. The van der Waals surface area contributed by atoms with Crippen LogP contribution in [0.3, 0.4) is 0 Å². The number of aryl methyl sites for hydroxylation is 1. The average molecular weight is 286 g/mol. The summed E-state index contributed by atoms with van der Waals surface area (Å²) in [4.78, 5) is 11.9. The van der Waals surface area contributed by atoms with E-state index < -0.39 is 46.0 Å². The molecule has 0 radical (unpaired) electrons. The third kappa shape index (κ3) is 2.29. The minimum absolute atomic E-state index is 0.0372. The highest BCUT2D eigenvalue weighted by Crippen LogP contribution is 2.21. The molecule has 0 spiro atoms. The van der Waals surface area contributed by atoms with Crippen molar-refractivity contribution in [3.05, 3.63) is 70.0 Å². The Kier molecular flexibility index (Phi) is 3.57. The summed E-state index contributed by atoms with van der Waals surface area (Å²) in [5, 5.41) is 0. The highest BCUT2D eigenvalue weighted by Gasteiger charge is 2.23. The Morgan fingerprint density at radius 2 is 1.45 bits per heavy atom. The number of carbonyl (C=O) groups is 1. The molecule has 0 N–H and O–H groups in total. The Morgan fingerprint density at radius 3 is 2.10 bits per heavy atom. The largest absolute Gasteiger partial charge is 0.288 e. The molecule has 0 bridgehead atoms. The van der Waals surface area contributed by atoms with E-state index in [-0.39, 0.29) is 5.56 Å². The predicted molar refractivity (Wildman–Crippen MR) is 60.8 cm³/mol. The third-order valence-electron chi connectivity index (χ3n) is 2.77. The first-order valence-corrected chi connectivity index (χ1v) is 5.46. The Balaban J connectivity index is 2.58. The van der Waals surface area contributed by atoms with Crippen LogP contribution in [-0.2, 0) is 0 Å². The van der Waals surface area contributed by atoms with Gasteiger partial charge in [0.2, 0.25) is 0 Å². The zero-order valence-electron chi connectivity index (χ0n) is 10.1. The topological polar surface area (TPSA) is 17.1 Å². The number of ketones is 1. The first-order valence-electron chi connectivity index (χ1n) is 5.46. The second kappa shape index (κ2) is 5.03. The van der Waals surface area contributed by atoms with Crippen molar-refractivity contribution < 1.29 is 26.7 Å². The SMILES string of the molecule is Cc1cc(F)c(C(=O)c2ccc(F)c(F)c2F)cc1F. The van der Waals surface area contributed by atoms with Gasteiger partial charge in [-0.1, -0.05) is 0 Å². The molecular weight excluding hydrogens is 279 g/mol. The molecule has 2 aromatic carbocycles. The number of hydrogen-bond donors (Lipinski definition) is 0. The number of benzene rings is 2. The van der Waals surface area contributed by atoms with E-state index in [4.69, 9.17) is 0 Å². The fourth-order valence-electron chi connectivity index (χ4n) is 1.67. The molecule has 0 amide bonds. The fraction of sp³-hybridized carbons (Fsp3) is 0.0714. The molecule has 0 saturated carbocycles. The molecule has 0 aliphatic carbocycles. The van der Waals surface area contributed by atoms with Gasteiger partial charge in [-0.2, -0.15) is 0 Å². The summed E-state index contributed by atoms with van der Waals surface area (Å²) in [6.07, 6.45) is 0. The molecule has 2 rings (SSSR count). The monoisotopic (exact) mass is 286 g/mol. The average Bonchev–Trinajstić information content (AvgIpc) is 2.40. The molecule has 0 aliphatic rings. The van der Waals surface area contributed by atoms with Crippen molar-refractivity contribution in [2.24, 2.45) is 0 Å². The lowest BCUT2D eigenvalue weighted by molar-refractivity contribution is 0.102. The Labute approximate surface area is 110 Å². The minimum Gasteiger partial charge on any atom is -0.288 e. The van der Waals surface area contributed by atoms with Gasteiger partial charge in [-0.25, -0.2) is 22.0 Å². The van der Waals surface area contributed by atoms with Crippen molar-refractivity contribution in [2.45, 2.75) is 6.92 Å². The molecule has 20 heavy (non-hydrogen) atoms. The lowest BCUT2D eigenvalue weighted by atomic mass is 10.0. The maximum atomic E-state index is 13.6. The van der Waals surface area contributed by atoms with Crippen molar-refractivity contribution >= 4 is 5.78 Å². The lowest BCUT2D eigenvalue weighted by Gasteiger charge is -2.07. The standard InChI is InChI=1S/C14H7F5O/c1-6-4-11(17)8(5-10(6)16)14(20)7-2-3-9(15)13(19)12(7)18/h2-5H,1H3. The van der Waals surface area contributed by atoms with Crippen LogP contribution in [-0.4, -0.2) is 5.78 Å². The van der Waals surface area contributed by atoms with Gasteiger partial charge in [-0.15, -0.1) is 0 Å². The summed E-state index contributed by atoms with van der Waals surface area (Å²) in [6, 6.07) is 2.56. The molecule has 1 nitrogen and oxygen atoms in total. The van der Waals surface area contributed by atoms with Gasteiger partial charge < -0.3 is 0 Å². The molecule has 0 aliphatic heterocycles. The van der Waals surface area contributed by atoms with E-state index >= 15 is 0 Å². The van der Waals surface area contributed by atoms with Gasteiger partial charge in [0.15, 0.2) is 23.2 Å². The zero-order valence-corrected chi connectivity index (χ0v) is 10.1. The normalized spacial score (nSPS) is 10.7. The number of carbonyl (C=O) groups excluding carboxylic acids is 1. The van der Waals surface area contributed by atoms with Gasteiger partial charge >= 0.3 is 0 Å². The van der Waals surface area contributed by atoms with E-state index in [1.165, 1.54) is 6.92 Å². The first-order chi connectivity index (χ1) is 9.32. The van der Waals surface area contributed by atoms with Crippen LogP contribution in [0.1, 0.15) is 21.5 Å². The summed E-state index contributed by atoms with van der Waals surface area (Å²) in [5.74, 6) is -8.26. The van der Waals surface area contributed by atoms with Gasteiger partial charge in [-0.05, 0) is 36.8 Å². The zero-order chi connectivity index (χ0) is 15.0. The van der Waals surface area contributed by atoms with Gasteiger partial charge in [0.25, 0.3) is 0 Å². The van der Waals surface area contributed by atoms with Crippen LogP contribution in [0.25, 0.3) is 0 Å². The second-order valence-corrected chi connectivity index (χ2v) is 4.13. The Bertz CT molecular complexity index is 705. The van der Waals surface area contributed by atoms with Crippen LogP contribution >= 0.6 is 0 Å². The van der Waals surface area contributed by atoms with Crippen LogP contribution in [0.5, 0.6) is 0 Å². The quantitative estimate of drug-likeness (QED) is 0.464. The molecule has 0 fully saturated rings. The van der Waals surface area contributed by atoms with E-state index in [2.05, 4.69) is 0 Å². The van der Waals surface area contributed by atoms with Crippen molar-refractivity contribution in [2.75, 3.05) is 0 Å². The molecule has 0 aromatic heterocycles. The van der Waals surface area contributed by atoms with E-state index in [9.17, 15) is 26.7 Å². The Hall–Kier alpha value is -2.24. The van der Waals surface area contributed by atoms with E-state index in [1.807, 2.05) is 0 Å². The van der Waals surface area contributed by atoms with Gasteiger partial charge in [-0.3, -0.25) is 4.79 Å². The third-order valence-corrected chi connectivity index (χ3v) is 2.77. The van der Waals surface area contributed by atoms with Crippen molar-refractivity contribution in [3.8, 4) is 0 Å². The highest BCUT2D eigenvalue weighted by molar-refractivity contribution is 6.09. The van der Waals surface area contributed by atoms with Crippen LogP contribution < -0.4 is 0 Å². The van der Waals surface area contributed by atoms with Gasteiger partial charge in [0.05, 0.1) is 11.1 Å². The maximum Gasteiger partial charge on any atom is 0.199 e. The summed E-state index contributed by atoms with van der Waals surface area (Å²) >= 11 is 0. The molecule has 0 atom stereocenters. The van der Waals surface area contributed by atoms with Crippen LogP contribution in [0.2, 0.25) is 0 Å². The summed E-state index contributed by atoms with van der Waals surface area (Å²) in [7, 11) is 0. The lowest BCUT2D eigenvalue weighted by Crippen LogP contribution is -2.10. The van der Waals surface area contributed by atoms with Crippen LogP contribution in [0.15, 0.2) is 24.3 Å². The fourth-order valence-corrected chi connectivity index (χ4v) is 1.67. The van der Waals surface area contributed by atoms with Crippen molar-refractivity contribution in [3.63, 3.8) is 0 Å². The molecule has 2 aromatic rings. The van der Waals surface area contributed by atoms with E-state index in [0.717, 1.165) is 6.07 Å². The molecular formula is C14H7F5O.